The molecule has 94 valence electrons. The van der Waals surface area contributed by atoms with Crippen molar-refractivity contribution in [3.8, 4) is 0 Å². The minimum Gasteiger partial charge on any atom is -0.333 e. The highest BCUT2D eigenvalue weighted by Crippen LogP contribution is 2.25. The summed E-state index contributed by atoms with van der Waals surface area (Å²) < 4.78 is 0. The van der Waals surface area contributed by atoms with E-state index in [2.05, 4.69) is 16.4 Å². The van der Waals surface area contributed by atoms with E-state index in [1.54, 1.807) is 16.7 Å². The number of aromatic nitrogens is 1. The number of fused-ring (bicyclic) bond motifs is 1. The van der Waals surface area contributed by atoms with Crippen LogP contribution >= 0.6 is 22.7 Å². The van der Waals surface area contributed by atoms with E-state index in [4.69, 9.17) is 5.73 Å². The Labute approximate surface area is 113 Å². The zero-order valence-corrected chi connectivity index (χ0v) is 11.4. The average molecular weight is 279 g/mol. The maximum Gasteiger partial charge on any atom is 0.273 e. The number of hydrogen-bond acceptors (Lipinski definition) is 5. The molecule has 4 nitrogen and oxygen atoms in total. The summed E-state index contributed by atoms with van der Waals surface area (Å²) >= 11 is 3.22. The van der Waals surface area contributed by atoms with Gasteiger partial charge in [0.05, 0.1) is 0 Å². The van der Waals surface area contributed by atoms with Crippen LogP contribution in [0.3, 0.4) is 0 Å². The second-order valence-corrected chi connectivity index (χ2v) is 6.12. The summed E-state index contributed by atoms with van der Waals surface area (Å²) in [5.74, 6) is 0.0165. The standard InChI is InChI=1S/C12H13N3OS2/c13-5-11-14-9(7-18-11)12(16)15-3-1-10-8(6-15)2-4-17-10/h2,4,7H,1,3,5-6,13H2. The molecule has 1 aliphatic rings. The first kappa shape index (κ1) is 11.8. The van der Waals surface area contributed by atoms with Gasteiger partial charge in [-0.05, 0) is 23.4 Å². The SMILES string of the molecule is NCc1nc(C(=O)N2CCc3sccc3C2)cs1. The first-order valence-electron chi connectivity index (χ1n) is 5.77. The number of carbonyl (C=O) groups is 1. The highest BCUT2D eigenvalue weighted by molar-refractivity contribution is 7.10. The molecule has 2 aromatic rings. The Morgan fingerprint density at radius 3 is 3.17 bits per heavy atom. The van der Waals surface area contributed by atoms with E-state index < -0.39 is 0 Å². The molecular formula is C12H13N3OS2. The van der Waals surface area contributed by atoms with E-state index in [1.807, 2.05) is 4.90 Å². The largest absolute Gasteiger partial charge is 0.333 e. The summed E-state index contributed by atoms with van der Waals surface area (Å²) in [7, 11) is 0. The molecule has 0 bridgehead atoms. The van der Waals surface area contributed by atoms with Crippen LogP contribution in [0.1, 0.15) is 25.9 Å². The van der Waals surface area contributed by atoms with E-state index in [0.29, 0.717) is 18.8 Å². The number of hydrogen-bond donors (Lipinski definition) is 1. The summed E-state index contributed by atoms with van der Waals surface area (Å²) in [5, 5.41) is 4.70. The molecule has 0 atom stereocenters. The topological polar surface area (TPSA) is 59.2 Å². The molecule has 0 spiro atoms. The lowest BCUT2D eigenvalue weighted by Gasteiger charge is -2.26. The van der Waals surface area contributed by atoms with Crippen molar-refractivity contribution in [3.63, 3.8) is 0 Å². The second kappa shape index (κ2) is 4.79. The van der Waals surface area contributed by atoms with Crippen LogP contribution in [0, 0.1) is 0 Å². The van der Waals surface area contributed by atoms with Crippen molar-refractivity contribution in [3.05, 3.63) is 38.0 Å². The highest BCUT2D eigenvalue weighted by atomic mass is 32.1. The van der Waals surface area contributed by atoms with Crippen LogP contribution in [0.4, 0.5) is 0 Å². The third kappa shape index (κ3) is 2.07. The Bertz CT molecular complexity index is 575. The Morgan fingerprint density at radius 1 is 1.50 bits per heavy atom. The van der Waals surface area contributed by atoms with Gasteiger partial charge in [-0.3, -0.25) is 4.79 Å². The van der Waals surface area contributed by atoms with E-state index >= 15 is 0 Å². The van der Waals surface area contributed by atoms with Crippen LogP contribution in [-0.2, 0) is 19.5 Å². The average Bonchev–Trinajstić information content (AvgIpc) is 3.05. The molecule has 1 aliphatic heterocycles. The molecule has 0 unspecified atom stereocenters. The van der Waals surface area contributed by atoms with Crippen molar-refractivity contribution in [1.82, 2.24) is 9.88 Å². The zero-order chi connectivity index (χ0) is 12.5. The molecule has 3 heterocycles. The molecule has 0 saturated carbocycles. The number of carbonyl (C=O) groups excluding carboxylic acids is 1. The fraction of sp³-hybridized carbons (Fsp3) is 0.333. The van der Waals surface area contributed by atoms with E-state index in [0.717, 1.165) is 18.0 Å². The normalized spacial score (nSPS) is 14.6. The van der Waals surface area contributed by atoms with Crippen LogP contribution in [0.5, 0.6) is 0 Å². The predicted molar refractivity (Wildman–Crippen MR) is 72.8 cm³/mol. The number of nitrogens with two attached hydrogens (primary N) is 1. The molecule has 18 heavy (non-hydrogen) atoms. The summed E-state index contributed by atoms with van der Waals surface area (Å²) in [5.41, 5.74) is 7.31. The van der Waals surface area contributed by atoms with Gasteiger partial charge < -0.3 is 10.6 Å². The summed E-state index contributed by atoms with van der Waals surface area (Å²) in [6.45, 7) is 1.88. The monoisotopic (exact) mass is 279 g/mol. The third-order valence-electron chi connectivity index (χ3n) is 3.04. The van der Waals surface area contributed by atoms with Crippen molar-refractivity contribution in [2.75, 3.05) is 6.54 Å². The number of rotatable bonds is 2. The van der Waals surface area contributed by atoms with E-state index in [9.17, 15) is 4.79 Å². The number of amides is 1. The molecule has 3 rings (SSSR count). The van der Waals surface area contributed by atoms with Crippen molar-refractivity contribution in [2.45, 2.75) is 19.5 Å². The van der Waals surface area contributed by atoms with Crippen molar-refractivity contribution >= 4 is 28.6 Å². The smallest absolute Gasteiger partial charge is 0.273 e. The molecule has 2 aromatic heterocycles. The maximum absolute atomic E-state index is 12.3. The lowest BCUT2D eigenvalue weighted by Crippen LogP contribution is -2.35. The number of nitrogens with zero attached hydrogens (tertiary/aromatic N) is 2. The minimum absolute atomic E-state index is 0.0165. The van der Waals surface area contributed by atoms with Crippen LogP contribution < -0.4 is 5.73 Å². The molecule has 0 aromatic carbocycles. The molecule has 6 heteroatoms. The highest BCUT2D eigenvalue weighted by Gasteiger charge is 2.23. The van der Waals surface area contributed by atoms with Gasteiger partial charge in [-0.15, -0.1) is 22.7 Å². The van der Waals surface area contributed by atoms with Gasteiger partial charge in [0.25, 0.3) is 5.91 Å². The van der Waals surface area contributed by atoms with Gasteiger partial charge in [-0.25, -0.2) is 4.98 Å². The Balaban J connectivity index is 1.78. The number of thiophene rings is 1. The van der Waals surface area contributed by atoms with Gasteiger partial charge in [0.15, 0.2) is 0 Å². The van der Waals surface area contributed by atoms with Gasteiger partial charge in [-0.1, -0.05) is 0 Å². The lowest BCUT2D eigenvalue weighted by molar-refractivity contribution is 0.0730. The van der Waals surface area contributed by atoms with Crippen LogP contribution in [0.25, 0.3) is 0 Å². The fourth-order valence-electron chi connectivity index (χ4n) is 2.09. The third-order valence-corrected chi connectivity index (χ3v) is 4.93. The first-order chi connectivity index (χ1) is 8.78. The fourth-order valence-corrected chi connectivity index (χ4v) is 3.62. The molecule has 0 fully saturated rings. The minimum atomic E-state index is 0.0165. The summed E-state index contributed by atoms with van der Waals surface area (Å²) in [4.78, 5) is 19.8. The van der Waals surface area contributed by atoms with Gasteiger partial charge in [0, 0.05) is 29.9 Å². The first-order valence-corrected chi connectivity index (χ1v) is 7.53. The quantitative estimate of drug-likeness (QED) is 0.913. The molecule has 0 saturated heterocycles. The summed E-state index contributed by atoms with van der Waals surface area (Å²) in [6, 6.07) is 2.10. The Kier molecular flexibility index (Phi) is 3.15. The van der Waals surface area contributed by atoms with Gasteiger partial charge >= 0.3 is 0 Å². The zero-order valence-electron chi connectivity index (χ0n) is 9.76. The van der Waals surface area contributed by atoms with E-state index in [1.165, 1.54) is 21.8 Å². The van der Waals surface area contributed by atoms with Crippen LogP contribution in [0.15, 0.2) is 16.8 Å². The molecular weight excluding hydrogens is 266 g/mol. The van der Waals surface area contributed by atoms with E-state index in [-0.39, 0.29) is 5.91 Å². The lowest BCUT2D eigenvalue weighted by atomic mass is 10.1. The maximum atomic E-state index is 12.3. The van der Waals surface area contributed by atoms with Gasteiger partial charge in [0.1, 0.15) is 10.7 Å². The van der Waals surface area contributed by atoms with Gasteiger partial charge in [-0.2, -0.15) is 0 Å². The molecule has 0 aliphatic carbocycles. The molecule has 1 amide bonds. The molecule has 2 N–H and O–H groups in total. The van der Waals surface area contributed by atoms with Gasteiger partial charge in [0.2, 0.25) is 0 Å². The summed E-state index contributed by atoms with van der Waals surface area (Å²) in [6.07, 6.45) is 0.951. The van der Waals surface area contributed by atoms with Crippen molar-refractivity contribution < 1.29 is 4.79 Å². The molecule has 0 radical (unpaired) electrons. The Morgan fingerprint density at radius 2 is 2.39 bits per heavy atom. The van der Waals surface area contributed by atoms with Crippen molar-refractivity contribution in [1.29, 1.82) is 0 Å². The predicted octanol–water partition coefficient (Wildman–Crippen LogP) is 1.86. The second-order valence-electron chi connectivity index (χ2n) is 4.18. The van der Waals surface area contributed by atoms with Crippen LogP contribution in [-0.4, -0.2) is 22.3 Å². The van der Waals surface area contributed by atoms with Crippen molar-refractivity contribution in [2.24, 2.45) is 5.73 Å². The number of thiazole rings is 1. The Hall–Kier alpha value is -1.24. The van der Waals surface area contributed by atoms with Crippen LogP contribution in [0.2, 0.25) is 0 Å².